The Bertz CT molecular complexity index is 435. The topological polar surface area (TPSA) is 59.6 Å². The summed E-state index contributed by atoms with van der Waals surface area (Å²) in [4.78, 5) is 4.15. The van der Waals surface area contributed by atoms with Crippen LogP contribution in [-0.4, -0.2) is 19.1 Å². The first-order chi connectivity index (χ1) is 8.19. The van der Waals surface area contributed by atoms with Gasteiger partial charge in [0.1, 0.15) is 0 Å². The van der Waals surface area contributed by atoms with Crippen molar-refractivity contribution in [2.24, 2.45) is 10.7 Å². The van der Waals surface area contributed by atoms with E-state index in [9.17, 15) is 4.39 Å². The van der Waals surface area contributed by atoms with E-state index in [1.54, 1.807) is 12.1 Å². The molecular formula is C12H17FIN3O. The molecule has 100 valence electrons. The standard InChI is InChI=1S/C12H16FN3O.HI/c1-17-11-5-2-8(6-10(11)13)7-15-12(14)16-9-3-4-9;/h2,5-6,9H,3-4,7H2,1H3,(H3,14,15,16);1H. The molecule has 4 nitrogen and oxygen atoms in total. The molecule has 6 heteroatoms. The number of halogens is 2. The van der Waals surface area contributed by atoms with E-state index in [-0.39, 0.29) is 35.5 Å². The molecule has 0 aromatic heterocycles. The number of hydrogen-bond donors (Lipinski definition) is 2. The second-order valence-electron chi connectivity index (χ2n) is 4.09. The van der Waals surface area contributed by atoms with Gasteiger partial charge in [-0.15, -0.1) is 24.0 Å². The first-order valence-electron chi connectivity index (χ1n) is 5.58. The molecule has 0 spiro atoms. The molecule has 1 aliphatic carbocycles. The van der Waals surface area contributed by atoms with Gasteiger partial charge < -0.3 is 15.8 Å². The van der Waals surface area contributed by atoms with Gasteiger partial charge in [0, 0.05) is 6.04 Å². The highest BCUT2D eigenvalue weighted by Gasteiger charge is 2.21. The quantitative estimate of drug-likeness (QED) is 0.488. The number of nitrogens with zero attached hydrogens (tertiary/aromatic N) is 1. The third kappa shape index (κ3) is 4.32. The highest BCUT2D eigenvalue weighted by atomic mass is 127. The Hall–Kier alpha value is -1.05. The van der Waals surface area contributed by atoms with Gasteiger partial charge in [-0.1, -0.05) is 6.07 Å². The summed E-state index contributed by atoms with van der Waals surface area (Å²) in [5, 5.41) is 3.07. The van der Waals surface area contributed by atoms with Gasteiger partial charge in [-0.3, -0.25) is 0 Å². The molecule has 0 bridgehead atoms. The van der Waals surface area contributed by atoms with E-state index in [1.807, 2.05) is 0 Å². The summed E-state index contributed by atoms with van der Waals surface area (Å²) in [6, 6.07) is 5.25. The number of nitrogens with two attached hydrogens (primary N) is 1. The molecule has 1 aliphatic rings. The van der Waals surface area contributed by atoms with Gasteiger partial charge in [-0.05, 0) is 30.5 Å². The SMILES string of the molecule is COc1ccc(CN=C(N)NC2CC2)cc1F.I. The molecule has 1 aromatic carbocycles. The Balaban J connectivity index is 0.00000162. The second-order valence-corrected chi connectivity index (χ2v) is 4.09. The van der Waals surface area contributed by atoms with Crippen LogP contribution < -0.4 is 15.8 Å². The Morgan fingerprint density at radius 2 is 2.28 bits per heavy atom. The van der Waals surface area contributed by atoms with Crippen LogP contribution in [0.5, 0.6) is 5.75 Å². The predicted octanol–water partition coefficient (Wildman–Crippen LogP) is 2.02. The molecule has 0 heterocycles. The van der Waals surface area contributed by atoms with Crippen molar-refractivity contribution >= 4 is 29.9 Å². The number of hydrogen-bond acceptors (Lipinski definition) is 2. The molecule has 0 radical (unpaired) electrons. The minimum Gasteiger partial charge on any atom is -0.494 e. The molecule has 1 saturated carbocycles. The van der Waals surface area contributed by atoms with Gasteiger partial charge in [-0.2, -0.15) is 0 Å². The smallest absolute Gasteiger partial charge is 0.189 e. The molecule has 1 aromatic rings. The van der Waals surface area contributed by atoms with Crippen molar-refractivity contribution in [3.05, 3.63) is 29.6 Å². The first kappa shape index (κ1) is 15.0. The zero-order chi connectivity index (χ0) is 12.3. The summed E-state index contributed by atoms with van der Waals surface area (Å²) in [6.45, 7) is 0.368. The molecule has 1 fully saturated rings. The lowest BCUT2D eigenvalue weighted by Gasteiger charge is -2.05. The Morgan fingerprint density at radius 1 is 1.56 bits per heavy atom. The summed E-state index contributed by atoms with van der Waals surface area (Å²) < 4.78 is 18.2. The third-order valence-corrected chi connectivity index (χ3v) is 2.58. The van der Waals surface area contributed by atoms with E-state index in [0.717, 1.165) is 18.4 Å². The van der Waals surface area contributed by atoms with E-state index in [4.69, 9.17) is 10.5 Å². The van der Waals surface area contributed by atoms with Crippen LogP contribution in [0.1, 0.15) is 18.4 Å². The molecule has 0 atom stereocenters. The van der Waals surface area contributed by atoms with E-state index < -0.39 is 0 Å². The summed E-state index contributed by atoms with van der Waals surface area (Å²) in [7, 11) is 1.44. The van der Waals surface area contributed by atoms with Crippen molar-refractivity contribution in [3.8, 4) is 5.75 Å². The monoisotopic (exact) mass is 365 g/mol. The van der Waals surface area contributed by atoms with E-state index in [1.165, 1.54) is 13.2 Å². The number of methoxy groups -OCH3 is 1. The van der Waals surface area contributed by atoms with Gasteiger partial charge >= 0.3 is 0 Å². The maximum absolute atomic E-state index is 13.4. The van der Waals surface area contributed by atoms with Crippen molar-refractivity contribution in [3.63, 3.8) is 0 Å². The van der Waals surface area contributed by atoms with Crippen molar-refractivity contribution in [1.29, 1.82) is 0 Å². The van der Waals surface area contributed by atoms with Crippen LogP contribution >= 0.6 is 24.0 Å². The second kappa shape index (κ2) is 6.77. The van der Waals surface area contributed by atoms with Gasteiger partial charge in [0.25, 0.3) is 0 Å². The summed E-state index contributed by atoms with van der Waals surface area (Å²) in [5.41, 5.74) is 6.44. The van der Waals surface area contributed by atoms with Crippen LogP contribution in [0.3, 0.4) is 0 Å². The first-order valence-corrected chi connectivity index (χ1v) is 5.58. The maximum Gasteiger partial charge on any atom is 0.189 e. The van der Waals surface area contributed by atoms with Crippen molar-refractivity contribution in [2.75, 3.05) is 7.11 Å². The average Bonchev–Trinajstić information content (AvgIpc) is 3.10. The van der Waals surface area contributed by atoms with E-state index in [0.29, 0.717) is 18.5 Å². The van der Waals surface area contributed by atoms with Crippen molar-refractivity contribution in [2.45, 2.75) is 25.4 Å². The van der Waals surface area contributed by atoms with Crippen LogP contribution in [0.25, 0.3) is 0 Å². The number of benzene rings is 1. The fourth-order valence-electron chi connectivity index (χ4n) is 1.47. The number of aliphatic imine (C=N–C) groups is 1. The largest absolute Gasteiger partial charge is 0.494 e. The summed E-state index contributed by atoms with van der Waals surface area (Å²) >= 11 is 0. The van der Waals surface area contributed by atoms with E-state index in [2.05, 4.69) is 10.3 Å². The Kier molecular flexibility index (Phi) is 5.64. The number of guanidine groups is 1. The van der Waals surface area contributed by atoms with Gasteiger partial charge in [-0.25, -0.2) is 9.38 Å². The Labute approximate surface area is 123 Å². The predicted molar refractivity (Wildman–Crippen MR) is 79.9 cm³/mol. The van der Waals surface area contributed by atoms with Gasteiger partial charge in [0.15, 0.2) is 17.5 Å². The zero-order valence-corrected chi connectivity index (χ0v) is 12.5. The van der Waals surface area contributed by atoms with Crippen molar-refractivity contribution in [1.82, 2.24) is 5.32 Å². The van der Waals surface area contributed by atoms with Crippen LogP contribution in [-0.2, 0) is 6.54 Å². The highest BCUT2D eigenvalue weighted by molar-refractivity contribution is 14.0. The number of nitrogens with one attached hydrogen (secondary N) is 1. The fourth-order valence-corrected chi connectivity index (χ4v) is 1.47. The lowest BCUT2D eigenvalue weighted by atomic mass is 10.2. The zero-order valence-electron chi connectivity index (χ0n) is 10.1. The molecular weight excluding hydrogens is 348 g/mol. The molecule has 0 aliphatic heterocycles. The molecule has 2 rings (SSSR count). The maximum atomic E-state index is 13.4. The lowest BCUT2D eigenvalue weighted by Crippen LogP contribution is -2.33. The van der Waals surface area contributed by atoms with Gasteiger partial charge in [0.05, 0.1) is 13.7 Å². The normalized spacial score (nSPS) is 14.9. The van der Waals surface area contributed by atoms with Crippen LogP contribution in [0.2, 0.25) is 0 Å². The minimum absolute atomic E-state index is 0. The molecule has 0 amide bonds. The molecule has 0 unspecified atom stereocenters. The lowest BCUT2D eigenvalue weighted by molar-refractivity contribution is 0.386. The van der Waals surface area contributed by atoms with Crippen molar-refractivity contribution < 1.29 is 9.13 Å². The van der Waals surface area contributed by atoms with Crippen LogP contribution in [0, 0.1) is 5.82 Å². The summed E-state index contributed by atoms with van der Waals surface area (Å²) in [5.74, 6) is 0.277. The molecule has 3 N–H and O–H groups in total. The highest BCUT2D eigenvalue weighted by Crippen LogP contribution is 2.19. The average molecular weight is 365 g/mol. The third-order valence-electron chi connectivity index (χ3n) is 2.58. The van der Waals surface area contributed by atoms with E-state index >= 15 is 0 Å². The molecule has 0 saturated heterocycles. The number of ether oxygens (including phenoxy) is 1. The Morgan fingerprint density at radius 3 is 2.83 bits per heavy atom. The summed E-state index contributed by atoms with van der Waals surface area (Å²) in [6.07, 6.45) is 2.29. The fraction of sp³-hybridized carbons (Fsp3) is 0.417. The van der Waals surface area contributed by atoms with Crippen LogP contribution in [0.4, 0.5) is 4.39 Å². The van der Waals surface area contributed by atoms with Gasteiger partial charge in [0.2, 0.25) is 0 Å². The number of rotatable bonds is 4. The minimum atomic E-state index is -0.381. The molecule has 18 heavy (non-hydrogen) atoms. The van der Waals surface area contributed by atoms with Crippen LogP contribution in [0.15, 0.2) is 23.2 Å².